The van der Waals surface area contributed by atoms with Gasteiger partial charge in [0.05, 0.1) is 5.69 Å². The van der Waals surface area contributed by atoms with E-state index in [9.17, 15) is 5.11 Å². The number of hydrogen-bond donors (Lipinski definition) is 1. The predicted molar refractivity (Wildman–Crippen MR) is 72.3 cm³/mol. The summed E-state index contributed by atoms with van der Waals surface area (Å²) in [7, 11) is 0. The Labute approximate surface area is 108 Å². The SMILES string of the molecule is CCC(O)(c1ccccc1)c1ccnn1C(C)C. The van der Waals surface area contributed by atoms with E-state index in [4.69, 9.17) is 0 Å². The van der Waals surface area contributed by atoms with Gasteiger partial charge < -0.3 is 5.11 Å². The van der Waals surface area contributed by atoms with Crippen LogP contribution in [0.15, 0.2) is 42.6 Å². The van der Waals surface area contributed by atoms with Gasteiger partial charge in [0.1, 0.15) is 5.60 Å². The molecule has 0 aliphatic rings. The maximum absolute atomic E-state index is 11.0. The molecular formula is C15H20N2O. The van der Waals surface area contributed by atoms with Gasteiger partial charge >= 0.3 is 0 Å². The van der Waals surface area contributed by atoms with E-state index in [1.54, 1.807) is 6.20 Å². The summed E-state index contributed by atoms with van der Waals surface area (Å²) in [6.07, 6.45) is 2.37. The van der Waals surface area contributed by atoms with Gasteiger partial charge in [-0.1, -0.05) is 37.3 Å². The minimum Gasteiger partial charge on any atom is -0.379 e. The summed E-state index contributed by atoms with van der Waals surface area (Å²) in [6.45, 7) is 6.12. The van der Waals surface area contributed by atoms with Gasteiger partial charge in [0.25, 0.3) is 0 Å². The van der Waals surface area contributed by atoms with Crippen molar-refractivity contribution >= 4 is 0 Å². The molecule has 1 aromatic heterocycles. The van der Waals surface area contributed by atoms with E-state index in [0.29, 0.717) is 6.42 Å². The first-order valence-electron chi connectivity index (χ1n) is 6.41. The molecule has 1 heterocycles. The molecule has 1 aromatic carbocycles. The summed E-state index contributed by atoms with van der Waals surface area (Å²) in [5.74, 6) is 0. The molecule has 96 valence electrons. The molecule has 0 radical (unpaired) electrons. The number of hydrogen-bond acceptors (Lipinski definition) is 2. The van der Waals surface area contributed by atoms with Crippen LogP contribution in [0.4, 0.5) is 0 Å². The first-order chi connectivity index (χ1) is 8.59. The second kappa shape index (κ2) is 4.94. The fourth-order valence-electron chi connectivity index (χ4n) is 2.30. The monoisotopic (exact) mass is 244 g/mol. The van der Waals surface area contributed by atoms with E-state index < -0.39 is 5.60 Å². The maximum atomic E-state index is 11.0. The molecule has 3 heteroatoms. The van der Waals surface area contributed by atoms with Crippen molar-refractivity contribution in [1.82, 2.24) is 9.78 Å². The molecular weight excluding hydrogens is 224 g/mol. The summed E-state index contributed by atoms with van der Waals surface area (Å²) in [5, 5.41) is 15.3. The van der Waals surface area contributed by atoms with E-state index >= 15 is 0 Å². The van der Waals surface area contributed by atoms with Crippen molar-refractivity contribution in [3.63, 3.8) is 0 Å². The zero-order valence-electron chi connectivity index (χ0n) is 11.2. The molecule has 3 nitrogen and oxygen atoms in total. The summed E-state index contributed by atoms with van der Waals surface area (Å²) in [6, 6.07) is 11.9. The molecule has 0 aliphatic carbocycles. The van der Waals surface area contributed by atoms with Crippen LogP contribution in [0.1, 0.15) is 44.5 Å². The lowest BCUT2D eigenvalue weighted by Gasteiger charge is -2.29. The van der Waals surface area contributed by atoms with Crippen LogP contribution in [0.2, 0.25) is 0 Å². The first-order valence-corrected chi connectivity index (χ1v) is 6.41. The molecule has 1 unspecified atom stereocenters. The van der Waals surface area contributed by atoms with Gasteiger partial charge in [-0.25, -0.2) is 0 Å². The number of aliphatic hydroxyl groups is 1. The van der Waals surface area contributed by atoms with Gasteiger partial charge in [0, 0.05) is 12.2 Å². The summed E-state index contributed by atoms with van der Waals surface area (Å²) >= 11 is 0. The minimum absolute atomic E-state index is 0.233. The van der Waals surface area contributed by atoms with Gasteiger partial charge in [-0.3, -0.25) is 4.68 Å². The lowest BCUT2D eigenvalue weighted by atomic mass is 9.87. The topological polar surface area (TPSA) is 38.1 Å². The lowest BCUT2D eigenvalue weighted by molar-refractivity contribution is 0.0652. The van der Waals surface area contributed by atoms with Crippen molar-refractivity contribution < 1.29 is 5.11 Å². The van der Waals surface area contributed by atoms with Crippen LogP contribution in [-0.2, 0) is 5.60 Å². The van der Waals surface area contributed by atoms with Crippen molar-refractivity contribution in [3.8, 4) is 0 Å². The standard InChI is InChI=1S/C15H20N2O/c1-4-15(18,13-8-6-5-7-9-13)14-10-11-16-17(14)12(2)3/h5-12,18H,4H2,1-3H3. The Kier molecular flexibility index (Phi) is 3.53. The average Bonchev–Trinajstić information content (AvgIpc) is 2.89. The third-order valence-electron chi connectivity index (χ3n) is 3.35. The van der Waals surface area contributed by atoms with Crippen molar-refractivity contribution in [2.45, 2.75) is 38.8 Å². The van der Waals surface area contributed by atoms with Gasteiger partial charge in [0.15, 0.2) is 0 Å². The highest BCUT2D eigenvalue weighted by atomic mass is 16.3. The molecule has 0 aliphatic heterocycles. The van der Waals surface area contributed by atoms with Crippen LogP contribution in [0, 0.1) is 0 Å². The number of rotatable bonds is 4. The maximum Gasteiger partial charge on any atom is 0.131 e. The number of benzene rings is 1. The smallest absolute Gasteiger partial charge is 0.131 e. The van der Waals surface area contributed by atoms with Crippen molar-refractivity contribution in [3.05, 3.63) is 53.9 Å². The molecule has 1 N–H and O–H groups in total. The van der Waals surface area contributed by atoms with Gasteiger partial charge in [-0.05, 0) is 31.9 Å². The van der Waals surface area contributed by atoms with Crippen LogP contribution >= 0.6 is 0 Å². The van der Waals surface area contributed by atoms with E-state index in [0.717, 1.165) is 11.3 Å². The second-order valence-corrected chi connectivity index (χ2v) is 4.83. The molecule has 18 heavy (non-hydrogen) atoms. The zero-order valence-corrected chi connectivity index (χ0v) is 11.2. The molecule has 0 spiro atoms. The summed E-state index contributed by atoms with van der Waals surface area (Å²) < 4.78 is 1.89. The van der Waals surface area contributed by atoms with Gasteiger partial charge in [0.2, 0.25) is 0 Å². The van der Waals surface area contributed by atoms with Crippen LogP contribution in [0.25, 0.3) is 0 Å². The highest BCUT2D eigenvalue weighted by Crippen LogP contribution is 2.33. The van der Waals surface area contributed by atoms with Crippen molar-refractivity contribution in [1.29, 1.82) is 0 Å². The molecule has 0 fully saturated rings. The fraction of sp³-hybridized carbons (Fsp3) is 0.400. The lowest BCUT2D eigenvalue weighted by Crippen LogP contribution is -2.30. The van der Waals surface area contributed by atoms with Crippen LogP contribution in [-0.4, -0.2) is 14.9 Å². The van der Waals surface area contributed by atoms with Crippen molar-refractivity contribution in [2.75, 3.05) is 0 Å². The largest absolute Gasteiger partial charge is 0.379 e. The Morgan fingerprint density at radius 2 is 1.89 bits per heavy atom. The minimum atomic E-state index is -0.970. The zero-order chi connectivity index (χ0) is 13.2. The Morgan fingerprint density at radius 3 is 2.44 bits per heavy atom. The quantitative estimate of drug-likeness (QED) is 0.897. The summed E-state index contributed by atoms with van der Waals surface area (Å²) in [5.41, 5.74) is 0.795. The average molecular weight is 244 g/mol. The highest BCUT2D eigenvalue weighted by Gasteiger charge is 2.33. The normalized spacial score (nSPS) is 14.7. The molecule has 0 bridgehead atoms. The Morgan fingerprint density at radius 1 is 1.22 bits per heavy atom. The Balaban J connectivity index is 2.54. The highest BCUT2D eigenvalue weighted by molar-refractivity contribution is 5.32. The van der Waals surface area contributed by atoms with E-state index in [1.165, 1.54) is 0 Å². The van der Waals surface area contributed by atoms with Gasteiger partial charge in [-0.15, -0.1) is 0 Å². The fourth-order valence-corrected chi connectivity index (χ4v) is 2.30. The van der Waals surface area contributed by atoms with Gasteiger partial charge in [-0.2, -0.15) is 5.10 Å². The third-order valence-corrected chi connectivity index (χ3v) is 3.35. The first kappa shape index (κ1) is 12.8. The second-order valence-electron chi connectivity index (χ2n) is 4.83. The Hall–Kier alpha value is -1.61. The molecule has 2 rings (SSSR count). The Bertz CT molecular complexity index is 504. The molecule has 2 aromatic rings. The van der Waals surface area contributed by atoms with E-state index in [2.05, 4.69) is 18.9 Å². The van der Waals surface area contributed by atoms with Crippen LogP contribution in [0.5, 0.6) is 0 Å². The number of aromatic nitrogens is 2. The van der Waals surface area contributed by atoms with E-state index in [-0.39, 0.29) is 6.04 Å². The molecule has 0 amide bonds. The third kappa shape index (κ3) is 2.06. The predicted octanol–water partition coefficient (Wildman–Crippen LogP) is 3.11. The van der Waals surface area contributed by atoms with Crippen LogP contribution in [0.3, 0.4) is 0 Å². The van der Waals surface area contributed by atoms with E-state index in [1.807, 2.05) is 48.0 Å². The number of nitrogens with zero attached hydrogens (tertiary/aromatic N) is 2. The van der Waals surface area contributed by atoms with Crippen LogP contribution < -0.4 is 0 Å². The molecule has 1 atom stereocenters. The molecule has 0 saturated heterocycles. The molecule has 0 saturated carbocycles. The summed E-state index contributed by atoms with van der Waals surface area (Å²) in [4.78, 5) is 0. The van der Waals surface area contributed by atoms with Crippen molar-refractivity contribution in [2.24, 2.45) is 0 Å².